The molecular formula is C5H6N4. The van der Waals surface area contributed by atoms with E-state index in [0.29, 0.717) is 12.1 Å². The fraction of sp³-hybridized carbons (Fsp3) is 0.200. The topological polar surface area (TPSA) is 67.6 Å². The quantitative estimate of drug-likeness (QED) is 0.518. The predicted molar refractivity (Wildman–Crippen MR) is 31.7 cm³/mol. The molecule has 0 bridgehead atoms. The zero-order chi connectivity index (χ0) is 6.69. The fourth-order valence-electron chi connectivity index (χ4n) is 0.553. The Balaban J connectivity index is 2.76. The highest BCUT2D eigenvalue weighted by Gasteiger charge is 1.92. The molecule has 0 unspecified atom stereocenters. The lowest BCUT2D eigenvalue weighted by Gasteiger charge is -1.83. The van der Waals surface area contributed by atoms with Gasteiger partial charge in [-0.05, 0) is 6.07 Å². The van der Waals surface area contributed by atoms with Crippen LogP contribution in [0.5, 0.6) is 0 Å². The molecule has 46 valence electrons. The molecule has 1 heterocycles. The Labute approximate surface area is 52.5 Å². The maximum absolute atomic E-state index is 8.19. The van der Waals surface area contributed by atoms with Crippen LogP contribution in [0.25, 0.3) is 0 Å². The Bertz CT molecular complexity index is 231. The molecule has 0 aliphatic rings. The third-order valence-corrected chi connectivity index (χ3v) is 0.924. The molecule has 1 aromatic rings. The first-order chi connectivity index (χ1) is 4.33. The van der Waals surface area contributed by atoms with Gasteiger partial charge in [0.1, 0.15) is 0 Å². The van der Waals surface area contributed by atoms with E-state index in [0.717, 1.165) is 0 Å². The minimum absolute atomic E-state index is 0.324. The Kier molecular flexibility index (Phi) is 1.36. The standard InChI is InChI=1S/C5H6N4/c6-3-1-5-2-4-9(7)8-5/h2,4H,1,7H2. The van der Waals surface area contributed by atoms with Crippen LogP contribution in [-0.2, 0) is 6.42 Å². The molecule has 0 radical (unpaired) electrons. The van der Waals surface area contributed by atoms with E-state index in [1.807, 2.05) is 6.07 Å². The first kappa shape index (κ1) is 5.63. The summed E-state index contributed by atoms with van der Waals surface area (Å²) >= 11 is 0. The predicted octanol–water partition coefficient (Wildman–Crippen LogP) is -0.337. The smallest absolute Gasteiger partial charge is 0.0794 e. The van der Waals surface area contributed by atoms with Crippen molar-refractivity contribution in [1.29, 1.82) is 5.26 Å². The minimum atomic E-state index is 0.324. The van der Waals surface area contributed by atoms with Crippen LogP contribution in [0.2, 0.25) is 0 Å². The molecule has 0 aromatic carbocycles. The Hall–Kier alpha value is -1.50. The van der Waals surface area contributed by atoms with E-state index in [4.69, 9.17) is 11.1 Å². The number of hydrogen-bond acceptors (Lipinski definition) is 3. The molecule has 0 fully saturated rings. The second-order valence-corrected chi connectivity index (χ2v) is 1.62. The van der Waals surface area contributed by atoms with Gasteiger partial charge in [0.2, 0.25) is 0 Å². The van der Waals surface area contributed by atoms with Gasteiger partial charge in [0.05, 0.1) is 18.2 Å². The summed E-state index contributed by atoms with van der Waals surface area (Å²) in [7, 11) is 0. The number of nitrogens with two attached hydrogens (primary N) is 1. The van der Waals surface area contributed by atoms with Crippen LogP contribution in [0.3, 0.4) is 0 Å². The summed E-state index contributed by atoms with van der Waals surface area (Å²) in [6.45, 7) is 0. The molecule has 0 saturated carbocycles. The van der Waals surface area contributed by atoms with Crippen LogP contribution < -0.4 is 5.84 Å². The lowest BCUT2D eigenvalue weighted by atomic mass is 10.3. The molecule has 0 saturated heterocycles. The molecule has 4 nitrogen and oxygen atoms in total. The van der Waals surface area contributed by atoms with Crippen molar-refractivity contribution < 1.29 is 0 Å². The second-order valence-electron chi connectivity index (χ2n) is 1.62. The summed E-state index contributed by atoms with van der Waals surface area (Å²) in [5.74, 6) is 5.21. The molecule has 0 aliphatic heterocycles. The summed E-state index contributed by atoms with van der Waals surface area (Å²) in [6.07, 6.45) is 1.93. The van der Waals surface area contributed by atoms with Gasteiger partial charge in [-0.3, -0.25) is 0 Å². The SMILES string of the molecule is N#CCc1ccn(N)n1. The first-order valence-electron chi connectivity index (χ1n) is 2.49. The Morgan fingerprint density at radius 2 is 2.67 bits per heavy atom. The van der Waals surface area contributed by atoms with Gasteiger partial charge in [-0.2, -0.15) is 15.2 Å². The van der Waals surface area contributed by atoms with Crippen LogP contribution >= 0.6 is 0 Å². The molecule has 2 N–H and O–H groups in total. The Morgan fingerprint density at radius 3 is 3.11 bits per heavy atom. The average Bonchev–Trinajstić information content (AvgIpc) is 2.17. The van der Waals surface area contributed by atoms with Gasteiger partial charge in [-0.1, -0.05) is 0 Å². The minimum Gasteiger partial charge on any atom is -0.323 e. The van der Waals surface area contributed by atoms with E-state index in [1.54, 1.807) is 12.3 Å². The monoisotopic (exact) mass is 122 g/mol. The number of hydrogen-bond donors (Lipinski definition) is 1. The van der Waals surface area contributed by atoms with Crippen molar-refractivity contribution >= 4 is 0 Å². The van der Waals surface area contributed by atoms with Gasteiger partial charge < -0.3 is 5.84 Å². The molecule has 1 aromatic heterocycles. The molecule has 0 aliphatic carbocycles. The van der Waals surface area contributed by atoms with Gasteiger partial charge in [0.15, 0.2) is 0 Å². The number of rotatable bonds is 1. The van der Waals surface area contributed by atoms with Gasteiger partial charge in [0.25, 0.3) is 0 Å². The lowest BCUT2D eigenvalue weighted by Crippen LogP contribution is -2.08. The van der Waals surface area contributed by atoms with Crippen molar-refractivity contribution in [2.45, 2.75) is 6.42 Å². The summed E-state index contributed by atoms with van der Waals surface area (Å²) < 4.78 is 0. The van der Waals surface area contributed by atoms with Crippen LogP contribution in [0.1, 0.15) is 5.69 Å². The first-order valence-corrected chi connectivity index (χ1v) is 2.49. The fourth-order valence-corrected chi connectivity index (χ4v) is 0.553. The van der Waals surface area contributed by atoms with Crippen LogP contribution in [-0.4, -0.2) is 9.89 Å². The van der Waals surface area contributed by atoms with Crippen LogP contribution in [0, 0.1) is 11.3 Å². The van der Waals surface area contributed by atoms with E-state index >= 15 is 0 Å². The molecule has 0 spiro atoms. The number of nitriles is 1. The number of nitrogen functional groups attached to an aromatic ring is 1. The van der Waals surface area contributed by atoms with Crippen molar-refractivity contribution in [2.75, 3.05) is 5.84 Å². The number of nitrogens with zero attached hydrogens (tertiary/aromatic N) is 3. The van der Waals surface area contributed by atoms with Crippen molar-refractivity contribution in [1.82, 2.24) is 9.89 Å². The third-order valence-electron chi connectivity index (χ3n) is 0.924. The third kappa shape index (κ3) is 1.19. The maximum Gasteiger partial charge on any atom is 0.0794 e. The zero-order valence-corrected chi connectivity index (χ0v) is 4.78. The molecule has 0 atom stereocenters. The van der Waals surface area contributed by atoms with Crippen molar-refractivity contribution in [3.05, 3.63) is 18.0 Å². The van der Waals surface area contributed by atoms with Gasteiger partial charge in [-0.25, -0.2) is 0 Å². The molecule has 0 amide bonds. The van der Waals surface area contributed by atoms with Crippen LogP contribution in [0.4, 0.5) is 0 Å². The molecule has 9 heavy (non-hydrogen) atoms. The lowest BCUT2D eigenvalue weighted by molar-refractivity contribution is 0.810. The highest BCUT2D eigenvalue weighted by Crippen LogP contribution is 1.91. The molecule has 4 heteroatoms. The zero-order valence-electron chi connectivity index (χ0n) is 4.78. The van der Waals surface area contributed by atoms with E-state index in [-0.39, 0.29) is 0 Å². The van der Waals surface area contributed by atoms with Crippen molar-refractivity contribution in [3.63, 3.8) is 0 Å². The van der Waals surface area contributed by atoms with E-state index < -0.39 is 0 Å². The van der Waals surface area contributed by atoms with Crippen molar-refractivity contribution in [3.8, 4) is 6.07 Å². The molecule has 1 rings (SSSR count). The van der Waals surface area contributed by atoms with E-state index in [9.17, 15) is 0 Å². The summed E-state index contributed by atoms with van der Waals surface area (Å²) in [6, 6.07) is 3.68. The normalized spacial score (nSPS) is 8.78. The molecular weight excluding hydrogens is 116 g/mol. The van der Waals surface area contributed by atoms with Crippen LogP contribution in [0.15, 0.2) is 12.3 Å². The highest BCUT2D eigenvalue weighted by atomic mass is 15.5. The average molecular weight is 122 g/mol. The largest absolute Gasteiger partial charge is 0.323 e. The highest BCUT2D eigenvalue weighted by molar-refractivity contribution is 5.04. The van der Waals surface area contributed by atoms with E-state index in [2.05, 4.69) is 5.10 Å². The Morgan fingerprint density at radius 1 is 1.89 bits per heavy atom. The number of aromatic nitrogens is 2. The van der Waals surface area contributed by atoms with Gasteiger partial charge >= 0.3 is 0 Å². The van der Waals surface area contributed by atoms with E-state index in [1.165, 1.54) is 4.79 Å². The van der Waals surface area contributed by atoms with Gasteiger partial charge in [-0.15, -0.1) is 0 Å². The van der Waals surface area contributed by atoms with Crippen molar-refractivity contribution in [2.24, 2.45) is 0 Å². The second kappa shape index (κ2) is 2.18. The summed E-state index contributed by atoms with van der Waals surface area (Å²) in [5.41, 5.74) is 0.708. The maximum atomic E-state index is 8.19. The summed E-state index contributed by atoms with van der Waals surface area (Å²) in [4.78, 5) is 1.19. The summed E-state index contributed by atoms with van der Waals surface area (Å²) in [5, 5.41) is 12.0. The van der Waals surface area contributed by atoms with Gasteiger partial charge in [0, 0.05) is 6.20 Å².